The third-order valence-electron chi connectivity index (χ3n) is 3.19. The maximum absolute atomic E-state index is 12.0. The molecule has 0 unspecified atom stereocenters. The van der Waals surface area contributed by atoms with E-state index >= 15 is 0 Å². The van der Waals surface area contributed by atoms with Gasteiger partial charge in [-0.3, -0.25) is 4.79 Å². The van der Waals surface area contributed by atoms with E-state index < -0.39 is 21.7 Å². The number of hydrogen-bond acceptors (Lipinski definition) is 5. The van der Waals surface area contributed by atoms with Crippen LogP contribution >= 0.6 is 0 Å². The highest BCUT2D eigenvalue weighted by Gasteiger charge is 2.29. The SMILES string of the molecule is COC(=O)CS(=O)(=O)N1CCc2c(N)cccc2C1. The Morgan fingerprint density at radius 3 is 2.89 bits per heavy atom. The molecule has 0 bridgehead atoms. The highest BCUT2D eigenvalue weighted by atomic mass is 32.2. The molecule has 0 amide bonds. The number of carbonyl (C=O) groups is 1. The Labute approximate surface area is 112 Å². The first-order valence-corrected chi connectivity index (χ1v) is 7.46. The molecule has 2 rings (SSSR count). The van der Waals surface area contributed by atoms with Gasteiger partial charge in [0.25, 0.3) is 0 Å². The van der Waals surface area contributed by atoms with Crippen molar-refractivity contribution >= 4 is 21.7 Å². The zero-order valence-corrected chi connectivity index (χ0v) is 11.4. The molecule has 1 aliphatic heterocycles. The van der Waals surface area contributed by atoms with Gasteiger partial charge < -0.3 is 10.5 Å². The van der Waals surface area contributed by atoms with Crippen LogP contribution in [0.2, 0.25) is 0 Å². The van der Waals surface area contributed by atoms with Crippen LogP contribution in [0.1, 0.15) is 11.1 Å². The third-order valence-corrected chi connectivity index (χ3v) is 4.89. The molecule has 0 saturated carbocycles. The van der Waals surface area contributed by atoms with Crippen LogP contribution in [0.4, 0.5) is 5.69 Å². The molecule has 19 heavy (non-hydrogen) atoms. The summed E-state index contributed by atoms with van der Waals surface area (Å²) in [6, 6.07) is 5.45. The molecular formula is C12H16N2O4S. The molecule has 1 aromatic rings. The number of benzene rings is 1. The summed E-state index contributed by atoms with van der Waals surface area (Å²) in [5.74, 6) is -1.38. The lowest BCUT2D eigenvalue weighted by Crippen LogP contribution is -2.39. The summed E-state index contributed by atoms with van der Waals surface area (Å²) >= 11 is 0. The van der Waals surface area contributed by atoms with E-state index in [4.69, 9.17) is 5.73 Å². The zero-order chi connectivity index (χ0) is 14.0. The fourth-order valence-electron chi connectivity index (χ4n) is 2.15. The molecule has 1 heterocycles. The molecule has 2 N–H and O–H groups in total. The monoisotopic (exact) mass is 284 g/mol. The molecular weight excluding hydrogens is 268 g/mol. The summed E-state index contributed by atoms with van der Waals surface area (Å²) in [6.07, 6.45) is 0.558. The first-order valence-electron chi connectivity index (χ1n) is 5.85. The van der Waals surface area contributed by atoms with Gasteiger partial charge in [0.2, 0.25) is 10.0 Å². The van der Waals surface area contributed by atoms with Gasteiger partial charge >= 0.3 is 5.97 Å². The van der Waals surface area contributed by atoms with E-state index in [-0.39, 0.29) is 6.54 Å². The molecule has 0 spiro atoms. The Balaban J connectivity index is 2.20. The van der Waals surface area contributed by atoms with E-state index in [1.807, 2.05) is 6.07 Å². The number of esters is 1. The van der Waals surface area contributed by atoms with Crippen molar-refractivity contribution < 1.29 is 17.9 Å². The number of nitrogen functional groups attached to an aromatic ring is 1. The van der Waals surface area contributed by atoms with Gasteiger partial charge in [-0.15, -0.1) is 0 Å². The highest BCUT2D eigenvalue weighted by molar-refractivity contribution is 7.89. The van der Waals surface area contributed by atoms with Crippen molar-refractivity contribution in [3.05, 3.63) is 29.3 Å². The zero-order valence-electron chi connectivity index (χ0n) is 10.6. The van der Waals surface area contributed by atoms with Gasteiger partial charge in [-0.05, 0) is 23.6 Å². The normalized spacial score (nSPS) is 15.8. The van der Waals surface area contributed by atoms with Crippen LogP contribution in [0.5, 0.6) is 0 Å². The molecule has 0 fully saturated rings. The number of ether oxygens (including phenoxy) is 1. The largest absolute Gasteiger partial charge is 0.468 e. The highest BCUT2D eigenvalue weighted by Crippen LogP contribution is 2.25. The quantitative estimate of drug-likeness (QED) is 0.629. The Bertz CT molecular complexity index is 598. The van der Waals surface area contributed by atoms with Crippen LogP contribution in [0.15, 0.2) is 18.2 Å². The van der Waals surface area contributed by atoms with Crippen LogP contribution in [0.25, 0.3) is 0 Å². The second kappa shape index (κ2) is 5.18. The molecule has 0 aromatic heterocycles. The molecule has 104 valence electrons. The van der Waals surface area contributed by atoms with E-state index in [9.17, 15) is 13.2 Å². The fraction of sp³-hybridized carbons (Fsp3) is 0.417. The van der Waals surface area contributed by atoms with E-state index in [2.05, 4.69) is 4.74 Å². The van der Waals surface area contributed by atoms with Gasteiger partial charge in [-0.25, -0.2) is 8.42 Å². The van der Waals surface area contributed by atoms with Crippen LogP contribution in [-0.4, -0.2) is 38.1 Å². The first kappa shape index (κ1) is 13.8. The molecule has 0 atom stereocenters. The topological polar surface area (TPSA) is 89.7 Å². The standard InChI is InChI=1S/C12H16N2O4S/c1-18-12(15)8-19(16,17)14-6-5-10-9(7-14)3-2-4-11(10)13/h2-4H,5-8,13H2,1H3. The molecule has 7 heteroatoms. The average molecular weight is 284 g/mol. The lowest BCUT2D eigenvalue weighted by molar-refractivity contribution is -0.137. The van der Waals surface area contributed by atoms with Crippen LogP contribution in [0, 0.1) is 0 Å². The van der Waals surface area contributed by atoms with Crippen molar-refractivity contribution in [2.24, 2.45) is 0 Å². The van der Waals surface area contributed by atoms with Gasteiger partial charge in [-0.2, -0.15) is 4.31 Å². The number of fused-ring (bicyclic) bond motifs is 1. The average Bonchev–Trinajstić information content (AvgIpc) is 2.38. The minimum Gasteiger partial charge on any atom is -0.468 e. The molecule has 1 aliphatic rings. The Morgan fingerprint density at radius 1 is 1.47 bits per heavy atom. The number of sulfonamides is 1. The Morgan fingerprint density at radius 2 is 2.21 bits per heavy atom. The minimum atomic E-state index is -3.63. The van der Waals surface area contributed by atoms with Gasteiger partial charge in [0.1, 0.15) is 0 Å². The van der Waals surface area contributed by atoms with Gasteiger partial charge in [0, 0.05) is 18.8 Å². The first-order chi connectivity index (χ1) is 8.94. The summed E-state index contributed by atoms with van der Waals surface area (Å²) in [4.78, 5) is 11.1. The van der Waals surface area contributed by atoms with Crippen LogP contribution in [-0.2, 0) is 32.5 Å². The summed E-state index contributed by atoms with van der Waals surface area (Å²) in [5, 5.41) is 0. The fourth-order valence-corrected chi connectivity index (χ4v) is 3.45. The van der Waals surface area contributed by atoms with Gasteiger partial charge in [0.05, 0.1) is 7.11 Å². The van der Waals surface area contributed by atoms with Crippen molar-refractivity contribution in [1.82, 2.24) is 4.31 Å². The molecule has 0 aliphatic carbocycles. The lowest BCUT2D eigenvalue weighted by atomic mass is 9.99. The number of nitrogens with two attached hydrogens (primary N) is 1. The van der Waals surface area contributed by atoms with Crippen molar-refractivity contribution in [2.75, 3.05) is 25.1 Å². The predicted octanol–water partition coefficient (Wildman–Crippen LogP) is 0.130. The maximum Gasteiger partial charge on any atom is 0.322 e. The molecule has 0 radical (unpaired) electrons. The van der Waals surface area contributed by atoms with Crippen molar-refractivity contribution in [1.29, 1.82) is 0 Å². The predicted molar refractivity (Wildman–Crippen MR) is 70.8 cm³/mol. The van der Waals surface area contributed by atoms with Crippen molar-refractivity contribution in [3.8, 4) is 0 Å². The summed E-state index contributed by atoms with van der Waals surface area (Å²) in [6.45, 7) is 0.584. The Kier molecular flexibility index (Phi) is 3.77. The Hall–Kier alpha value is -1.60. The minimum absolute atomic E-state index is 0.250. The van der Waals surface area contributed by atoms with Crippen LogP contribution in [0.3, 0.4) is 0 Å². The van der Waals surface area contributed by atoms with Crippen molar-refractivity contribution in [2.45, 2.75) is 13.0 Å². The van der Waals surface area contributed by atoms with E-state index in [0.29, 0.717) is 18.7 Å². The number of hydrogen-bond donors (Lipinski definition) is 1. The second-order valence-electron chi connectivity index (χ2n) is 4.40. The molecule has 6 nitrogen and oxygen atoms in total. The van der Waals surface area contributed by atoms with E-state index in [1.54, 1.807) is 12.1 Å². The number of rotatable bonds is 3. The number of carbonyl (C=O) groups excluding carboxylic acids is 1. The maximum atomic E-state index is 12.0. The number of anilines is 1. The van der Waals surface area contributed by atoms with Crippen LogP contribution < -0.4 is 5.73 Å². The van der Waals surface area contributed by atoms with Gasteiger partial charge in [-0.1, -0.05) is 12.1 Å². The lowest BCUT2D eigenvalue weighted by Gasteiger charge is -2.28. The summed E-state index contributed by atoms with van der Waals surface area (Å²) in [5.41, 5.74) is 8.42. The third kappa shape index (κ3) is 2.87. The number of nitrogens with zero attached hydrogens (tertiary/aromatic N) is 1. The van der Waals surface area contributed by atoms with Gasteiger partial charge in [0.15, 0.2) is 5.75 Å². The summed E-state index contributed by atoms with van der Waals surface area (Å²) < 4.78 is 29.8. The van der Waals surface area contributed by atoms with Crippen molar-refractivity contribution in [3.63, 3.8) is 0 Å². The molecule has 1 aromatic carbocycles. The summed E-state index contributed by atoms with van der Waals surface area (Å²) in [7, 11) is -2.46. The van der Waals surface area contributed by atoms with E-state index in [0.717, 1.165) is 11.1 Å². The second-order valence-corrected chi connectivity index (χ2v) is 6.37. The van der Waals surface area contributed by atoms with E-state index in [1.165, 1.54) is 11.4 Å². The number of methoxy groups -OCH3 is 1. The molecule has 0 saturated heterocycles. The smallest absolute Gasteiger partial charge is 0.322 e.